The standard InChI is InChI=1S/C17H16BrN3O/c1-2-20-17(22)14-6-3-12(4-7-14)11-21-16-8-5-13(10-19)9-15(16)18/h3-9,21H,2,11H2,1H3,(H,20,22). The lowest BCUT2D eigenvalue weighted by Crippen LogP contribution is -2.22. The van der Waals surface area contributed by atoms with Gasteiger partial charge in [-0.25, -0.2) is 0 Å². The molecule has 1 amide bonds. The van der Waals surface area contributed by atoms with Crippen LogP contribution in [0.4, 0.5) is 5.69 Å². The van der Waals surface area contributed by atoms with Crippen LogP contribution in [-0.2, 0) is 6.54 Å². The molecule has 0 aromatic heterocycles. The van der Waals surface area contributed by atoms with Crippen molar-refractivity contribution in [3.8, 4) is 6.07 Å². The van der Waals surface area contributed by atoms with Gasteiger partial charge in [0.1, 0.15) is 0 Å². The van der Waals surface area contributed by atoms with Crippen LogP contribution in [0.5, 0.6) is 0 Å². The predicted octanol–water partition coefficient (Wildman–Crippen LogP) is 3.68. The maximum Gasteiger partial charge on any atom is 0.251 e. The summed E-state index contributed by atoms with van der Waals surface area (Å²) < 4.78 is 0.852. The second kappa shape index (κ2) is 7.62. The van der Waals surface area contributed by atoms with Crippen LogP contribution in [0.2, 0.25) is 0 Å². The first kappa shape index (κ1) is 16.1. The quantitative estimate of drug-likeness (QED) is 0.857. The van der Waals surface area contributed by atoms with Crippen molar-refractivity contribution in [1.29, 1.82) is 5.26 Å². The minimum Gasteiger partial charge on any atom is -0.380 e. The normalized spacial score (nSPS) is 9.86. The summed E-state index contributed by atoms with van der Waals surface area (Å²) in [5.41, 5.74) is 3.27. The van der Waals surface area contributed by atoms with Gasteiger partial charge in [-0.3, -0.25) is 4.79 Å². The number of carbonyl (C=O) groups excluding carboxylic acids is 1. The highest BCUT2D eigenvalue weighted by atomic mass is 79.9. The lowest BCUT2D eigenvalue weighted by atomic mass is 10.1. The number of halogens is 1. The number of hydrogen-bond acceptors (Lipinski definition) is 3. The number of anilines is 1. The van der Waals surface area contributed by atoms with Crippen LogP contribution in [0.1, 0.15) is 28.4 Å². The molecule has 0 aliphatic heterocycles. The molecule has 2 rings (SSSR count). The number of amides is 1. The highest BCUT2D eigenvalue weighted by Crippen LogP contribution is 2.24. The molecule has 0 bridgehead atoms. The molecule has 0 radical (unpaired) electrons. The topological polar surface area (TPSA) is 64.9 Å². The average Bonchev–Trinajstić information content (AvgIpc) is 2.54. The van der Waals surface area contributed by atoms with Crippen LogP contribution in [0.25, 0.3) is 0 Å². The van der Waals surface area contributed by atoms with Gasteiger partial charge in [-0.2, -0.15) is 5.26 Å². The fourth-order valence-corrected chi connectivity index (χ4v) is 2.48. The number of nitrogens with zero attached hydrogens (tertiary/aromatic N) is 1. The van der Waals surface area contributed by atoms with Crippen LogP contribution in [0.3, 0.4) is 0 Å². The highest BCUT2D eigenvalue weighted by Gasteiger charge is 2.04. The third kappa shape index (κ3) is 4.09. The van der Waals surface area contributed by atoms with Crippen LogP contribution in [0.15, 0.2) is 46.9 Å². The van der Waals surface area contributed by atoms with Gasteiger partial charge in [0.25, 0.3) is 5.91 Å². The summed E-state index contributed by atoms with van der Waals surface area (Å²) >= 11 is 3.44. The van der Waals surface area contributed by atoms with Gasteiger partial charge in [-0.15, -0.1) is 0 Å². The van der Waals surface area contributed by atoms with Crippen molar-refractivity contribution in [2.45, 2.75) is 13.5 Å². The van der Waals surface area contributed by atoms with Crippen LogP contribution in [0, 0.1) is 11.3 Å². The molecular formula is C17H16BrN3O. The third-order valence-corrected chi connectivity index (χ3v) is 3.79. The van der Waals surface area contributed by atoms with Crippen molar-refractivity contribution in [3.05, 3.63) is 63.6 Å². The van der Waals surface area contributed by atoms with E-state index in [1.165, 1.54) is 0 Å². The molecule has 0 aliphatic rings. The summed E-state index contributed by atoms with van der Waals surface area (Å²) in [6, 6.07) is 15.0. The van der Waals surface area contributed by atoms with Gasteiger partial charge in [0.2, 0.25) is 0 Å². The summed E-state index contributed by atoms with van der Waals surface area (Å²) in [5.74, 6) is -0.0585. The lowest BCUT2D eigenvalue weighted by molar-refractivity contribution is 0.0956. The van der Waals surface area contributed by atoms with Gasteiger partial charge >= 0.3 is 0 Å². The third-order valence-electron chi connectivity index (χ3n) is 3.13. The Morgan fingerprint density at radius 1 is 1.23 bits per heavy atom. The molecule has 0 saturated heterocycles. The van der Waals surface area contributed by atoms with Gasteiger partial charge < -0.3 is 10.6 Å². The minimum absolute atomic E-state index is 0.0585. The molecule has 0 atom stereocenters. The minimum atomic E-state index is -0.0585. The molecule has 4 nitrogen and oxygen atoms in total. The summed E-state index contributed by atoms with van der Waals surface area (Å²) in [6.07, 6.45) is 0. The maximum absolute atomic E-state index is 11.7. The van der Waals surface area contributed by atoms with Crippen LogP contribution < -0.4 is 10.6 Å². The average molecular weight is 358 g/mol. The second-order valence-corrected chi connectivity index (χ2v) is 5.57. The highest BCUT2D eigenvalue weighted by molar-refractivity contribution is 9.10. The Morgan fingerprint density at radius 2 is 1.95 bits per heavy atom. The molecule has 5 heteroatoms. The fourth-order valence-electron chi connectivity index (χ4n) is 1.96. The summed E-state index contributed by atoms with van der Waals surface area (Å²) in [7, 11) is 0. The van der Waals surface area contributed by atoms with E-state index in [4.69, 9.17) is 5.26 Å². The van der Waals surface area contributed by atoms with E-state index in [1.807, 2.05) is 37.3 Å². The molecule has 0 saturated carbocycles. The van der Waals surface area contributed by atoms with Crippen molar-refractivity contribution in [2.75, 3.05) is 11.9 Å². The zero-order chi connectivity index (χ0) is 15.9. The molecule has 2 N–H and O–H groups in total. The monoisotopic (exact) mass is 357 g/mol. The molecule has 2 aromatic rings. The zero-order valence-electron chi connectivity index (χ0n) is 12.2. The van der Waals surface area contributed by atoms with Gasteiger partial charge in [-0.1, -0.05) is 12.1 Å². The van der Waals surface area contributed by atoms with Crippen molar-refractivity contribution in [2.24, 2.45) is 0 Å². The Balaban J connectivity index is 2.00. The second-order valence-electron chi connectivity index (χ2n) is 4.72. The van der Waals surface area contributed by atoms with Crippen LogP contribution in [-0.4, -0.2) is 12.5 Å². The smallest absolute Gasteiger partial charge is 0.251 e. The number of benzene rings is 2. The van der Waals surface area contributed by atoms with E-state index in [2.05, 4.69) is 32.6 Å². The van der Waals surface area contributed by atoms with Gasteiger partial charge in [-0.05, 0) is 58.7 Å². The lowest BCUT2D eigenvalue weighted by Gasteiger charge is -2.09. The van der Waals surface area contributed by atoms with E-state index >= 15 is 0 Å². The van der Waals surface area contributed by atoms with E-state index < -0.39 is 0 Å². The Labute approximate surface area is 138 Å². The van der Waals surface area contributed by atoms with E-state index in [-0.39, 0.29) is 5.91 Å². The van der Waals surface area contributed by atoms with E-state index in [9.17, 15) is 4.79 Å². The molecule has 0 fully saturated rings. The fraction of sp³-hybridized carbons (Fsp3) is 0.176. The zero-order valence-corrected chi connectivity index (χ0v) is 13.8. The van der Waals surface area contributed by atoms with E-state index in [0.29, 0.717) is 24.2 Å². The first-order valence-corrected chi connectivity index (χ1v) is 7.74. The Hall–Kier alpha value is -2.32. The SMILES string of the molecule is CCNC(=O)c1ccc(CNc2ccc(C#N)cc2Br)cc1. The molecule has 2 aromatic carbocycles. The summed E-state index contributed by atoms with van der Waals surface area (Å²) in [6.45, 7) is 3.15. The van der Waals surface area contributed by atoms with Crippen molar-refractivity contribution < 1.29 is 4.79 Å². The number of nitriles is 1. The number of carbonyl (C=O) groups is 1. The van der Waals surface area contributed by atoms with Crippen molar-refractivity contribution in [1.82, 2.24) is 5.32 Å². The Kier molecular flexibility index (Phi) is 5.56. The Morgan fingerprint density at radius 3 is 2.55 bits per heavy atom. The van der Waals surface area contributed by atoms with Crippen molar-refractivity contribution in [3.63, 3.8) is 0 Å². The molecule has 0 unspecified atom stereocenters. The number of hydrogen-bond donors (Lipinski definition) is 2. The summed E-state index contributed by atoms with van der Waals surface area (Å²) in [4.78, 5) is 11.7. The van der Waals surface area contributed by atoms with Crippen LogP contribution >= 0.6 is 15.9 Å². The number of nitrogens with one attached hydrogen (secondary N) is 2. The molecule has 0 spiro atoms. The number of rotatable bonds is 5. The van der Waals surface area contributed by atoms with E-state index in [0.717, 1.165) is 15.7 Å². The molecular weight excluding hydrogens is 342 g/mol. The van der Waals surface area contributed by atoms with Crippen molar-refractivity contribution >= 4 is 27.5 Å². The largest absolute Gasteiger partial charge is 0.380 e. The summed E-state index contributed by atoms with van der Waals surface area (Å²) in [5, 5.41) is 14.9. The molecule has 0 heterocycles. The van der Waals surface area contributed by atoms with E-state index in [1.54, 1.807) is 12.1 Å². The van der Waals surface area contributed by atoms with Gasteiger partial charge in [0.15, 0.2) is 0 Å². The molecule has 0 aliphatic carbocycles. The molecule has 22 heavy (non-hydrogen) atoms. The van der Waals surface area contributed by atoms with Gasteiger partial charge in [0, 0.05) is 28.8 Å². The maximum atomic E-state index is 11.7. The molecule has 112 valence electrons. The first-order valence-electron chi connectivity index (χ1n) is 6.94. The predicted molar refractivity (Wildman–Crippen MR) is 90.6 cm³/mol. The Bertz CT molecular complexity index is 705. The van der Waals surface area contributed by atoms with Gasteiger partial charge in [0.05, 0.1) is 11.6 Å². The first-order chi connectivity index (χ1) is 10.6.